The topological polar surface area (TPSA) is 41.1 Å². The van der Waals surface area contributed by atoms with Crippen molar-refractivity contribution in [2.75, 3.05) is 31.1 Å². The number of nitrogens with one attached hydrogen (secondary N) is 1. The van der Waals surface area contributed by atoms with Gasteiger partial charge in [-0.1, -0.05) is 0 Å². The average molecular weight is 192 g/mol. The van der Waals surface area contributed by atoms with Crippen molar-refractivity contribution in [3.63, 3.8) is 0 Å². The summed E-state index contributed by atoms with van der Waals surface area (Å²) in [6, 6.07) is 0. The lowest BCUT2D eigenvalue weighted by Crippen LogP contribution is -2.44. The van der Waals surface area contributed by atoms with E-state index < -0.39 is 0 Å². The van der Waals surface area contributed by atoms with Crippen LogP contribution in [0.5, 0.6) is 0 Å². The van der Waals surface area contributed by atoms with Crippen molar-refractivity contribution in [2.24, 2.45) is 0 Å². The van der Waals surface area contributed by atoms with E-state index in [1.54, 1.807) is 0 Å². The lowest BCUT2D eigenvalue weighted by molar-refractivity contribution is 0.582. The Morgan fingerprint density at radius 3 is 2.64 bits per heavy atom. The normalized spacial score (nSPS) is 17.1. The lowest BCUT2D eigenvalue weighted by Gasteiger charge is -2.29. The van der Waals surface area contributed by atoms with E-state index in [9.17, 15) is 0 Å². The van der Waals surface area contributed by atoms with Crippen LogP contribution in [0.2, 0.25) is 0 Å². The third-order valence-electron chi connectivity index (χ3n) is 2.46. The Balaban J connectivity index is 2.22. The summed E-state index contributed by atoms with van der Waals surface area (Å²) in [5, 5.41) is 3.33. The van der Waals surface area contributed by atoms with Gasteiger partial charge in [-0.15, -0.1) is 0 Å². The molecule has 1 aliphatic rings. The average Bonchev–Trinajstić information content (AvgIpc) is 2.19. The summed E-state index contributed by atoms with van der Waals surface area (Å²) in [5.74, 6) is 1.04. The van der Waals surface area contributed by atoms with E-state index in [0.29, 0.717) is 0 Å². The van der Waals surface area contributed by atoms with E-state index in [2.05, 4.69) is 20.2 Å². The molecule has 0 spiro atoms. The second-order valence-corrected chi connectivity index (χ2v) is 3.66. The molecule has 0 unspecified atom stereocenters. The molecule has 2 rings (SSSR count). The van der Waals surface area contributed by atoms with Gasteiger partial charge in [0.1, 0.15) is 5.82 Å². The lowest BCUT2D eigenvalue weighted by atomic mass is 10.3. The number of rotatable bonds is 1. The Bertz CT molecular complexity index is 318. The molecule has 2 heterocycles. The molecular formula is C10H16N4. The van der Waals surface area contributed by atoms with E-state index in [1.807, 2.05) is 20.0 Å². The number of hydrogen-bond acceptors (Lipinski definition) is 4. The van der Waals surface area contributed by atoms with Crippen LogP contribution in [0.1, 0.15) is 11.4 Å². The molecule has 1 saturated heterocycles. The molecule has 4 nitrogen and oxygen atoms in total. The van der Waals surface area contributed by atoms with Gasteiger partial charge >= 0.3 is 0 Å². The predicted octanol–water partition coefficient (Wildman–Crippen LogP) is 0.503. The summed E-state index contributed by atoms with van der Waals surface area (Å²) in [6.45, 7) is 8.13. The van der Waals surface area contributed by atoms with Gasteiger partial charge in [0.25, 0.3) is 0 Å². The Kier molecular flexibility index (Phi) is 2.63. The molecule has 0 amide bonds. The third kappa shape index (κ3) is 1.85. The Labute approximate surface area is 84.4 Å². The second-order valence-electron chi connectivity index (χ2n) is 3.66. The molecule has 0 saturated carbocycles. The first-order chi connectivity index (χ1) is 6.77. The summed E-state index contributed by atoms with van der Waals surface area (Å²) in [5.41, 5.74) is 2.02. The smallest absolute Gasteiger partial charge is 0.150 e. The summed E-state index contributed by atoms with van der Waals surface area (Å²) >= 11 is 0. The zero-order valence-electron chi connectivity index (χ0n) is 8.75. The van der Waals surface area contributed by atoms with Crippen LogP contribution in [0.15, 0.2) is 6.20 Å². The molecule has 76 valence electrons. The van der Waals surface area contributed by atoms with Gasteiger partial charge in [-0.05, 0) is 13.8 Å². The second kappa shape index (κ2) is 3.92. The van der Waals surface area contributed by atoms with Crippen LogP contribution in [0.3, 0.4) is 0 Å². The van der Waals surface area contributed by atoms with Crippen molar-refractivity contribution in [3.8, 4) is 0 Å². The SMILES string of the molecule is Cc1cnc(N2CCNCC2)c(C)n1. The number of nitrogens with zero attached hydrogens (tertiary/aromatic N) is 3. The Morgan fingerprint density at radius 1 is 1.29 bits per heavy atom. The monoisotopic (exact) mass is 192 g/mol. The molecule has 4 heteroatoms. The summed E-state index contributed by atoms with van der Waals surface area (Å²) in [4.78, 5) is 11.2. The third-order valence-corrected chi connectivity index (χ3v) is 2.46. The van der Waals surface area contributed by atoms with Gasteiger partial charge < -0.3 is 10.2 Å². The summed E-state index contributed by atoms with van der Waals surface area (Å²) in [7, 11) is 0. The maximum absolute atomic E-state index is 4.44. The number of aryl methyl sites for hydroxylation is 2. The summed E-state index contributed by atoms with van der Waals surface area (Å²) in [6.07, 6.45) is 1.84. The molecule has 0 bridgehead atoms. The first-order valence-electron chi connectivity index (χ1n) is 5.03. The first-order valence-corrected chi connectivity index (χ1v) is 5.03. The van der Waals surface area contributed by atoms with Gasteiger partial charge in [0.2, 0.25) is 0 Å². The summed E-state index contributed by atoms with van der Waals surface area (Å²) < 4.78 is 0. The first kappa shape index (κ1) is 9.40. The molecule has 0 radical (unpaired) electrons. The highest BCUT2D eigenvalue weighted by Crippen LogP contribution is 2.14. The van der Waals surface area contributed by atoms with Crippen molar-refractivity contribution in [1.29, 1.82) is 0 Å². The van der Waals surface area contributed by atoms with Crippen LogP contribution in [0.25, 0.3) is 0 Å². The van der Waals surface area contributed by atoms with Crippen LogP contribution < -0.4 is 10.2 Å². The quantitative estimate of drug-likeness (QED) is 0.703. The molecular weight excluding hydrogens is 176 g/mol. The molecule has 1 fully saturated rings. The molecule has 1 aliphatic heterocycles. The van der Waals surface area contributed by atoms with E-state index in [4.69, 9.17) is 0 Å². The molecule has 1 aromatic heterocycles. The molecule has 0 aliphatic carbocycles. The van der Waals surface area contributed by atoms with E-state index in [-0.39, 0.29) is 0 Å². The van der Waals surface area contributed by atoms with Crippen molar-refractivity contribution >= 4 is 5.82 Å². The largest absolute Gasteiger partial charge is 0.353 e. The van der Waals surface area contributed by atoms with E-state index in [0.717, 1.165) is 43.4 Å². The van der Waals surface area contributed by atoms with E-state index in [1.165, 1.54) is 0 Å². The minimum absolute atomic E-state index is 0.987. The van der Waals surface area contributed by atoms with Gasteiger partial charge in [0.05, 0.1) is 17.6 Å². The maximum atomic E-state index is 4.44. The molecule has 1 aromatic rings. The minimum atomic E-state index is 0.987. The van der Waals surface area contributed by atoms with Crippen molar-refractivity contribution in [3.05, 3.63) is 17.6 Å². The fraction of sp³-hybridized carbons (Fsp3) is 0.600. The maximum Gasteiger partial charge on any atom is 0.150 e. The molecule has 1 N–H and O–H groups in total. The van der Waals surface area contributed by atoms with Crippen LogP contribution in [-0.2, 0) is 0 Å². The predicted molar refractivity (Wildman–Crippen MR) is 56.6 cm³/mol. The Hall–Kier alpha value is -1.16. The number of aromatic nitrogens is 2. The molecule has 0 atom stereocenters. The van der Waals surface area contributed by atoms with Crippen molar-refractivity contribution in [2.45, 2.75) is 13.8 Å². The zero-order chi connectivity index (χ0) is 9.97. The van der Waals surface area contributed by atoms with Crippen LogP contribution in [0.4, 0.5) is 5.82 Å². The molecule has 14 heavy (non-hydrogen) atoms. The highest BCUT2D eigenvalue weighted by Gasteiger charge is 2.14. The van der Waals surface area contributed by atoms with Gasteiger partial charge in [0.15, 0.2) is 0 Å². The van der Waals surface area contributed by atoms with Gasteiger partial charge in [-0.25, -0.2) is 4.98 Å². The highest BCUT2D eigenvalue weighted by molar-refractivity contribution is 5.43. The fourth-order valence-electron chi connectivity index (χ4n) is 1.78. The van der Waals surface area contributed by atoms with Crippen molar-refractivity contribution in [1.82, 2.24) is 15.3 Å². The minimum Gasteiger partial charge on any atom is -0.353 e. The standard InChI is InChI=1S/C10H16N4/c1-8-7-12-10(9(2)13-8)14-5-3-11-4-6-14/h7,11H,3-6H2,1-2H3. The zero-order valence-corrected chi connectivity index (χ0v) is 8.75. The number of hydrogen-bond donors (Lipinski definition) is 1. The van der Waals surface area contributed by atoms with Crippen LogP contribution in [-0.4, -0.2) is 36.1 Å². The number of piperazine rings is 1. The van der Waals surface area contributed by atoms with E-state index >= 15 is 0 Å². The van der Waals surface area contributed by atoms with Crippen LogP contribution in [0, 0.1) is 13.8 Å². The fourth-order valence-corrected chi connectivity index (χ4v) is 1.78. The van der Waals surface area contributed by atoms with Crippen LogP contribution >= 0.6 is 0 Å². The highest BCUT2D eigenvalue weighted by atomic mass is 15.2. The van der Waals surface area contributed by atoms with Gasteiger partial charge in [-0.3, -0.25) is 4.98 Å². The number of anilines is 1. The van der Waals surface area contributed by atoms with Gasteiger partial charge in [0, 0.05) is 26.2 Å². The molecule has 0 aromatic carbocycles. The van der Waals surface area contributed by atoms with Crippen molar-refractivity contribution < 1.29 is 0 Å². The Morgan fingerprint density at radius 2 is 2.00 bits per heavy atom. The van der Waals surface area contributed by atoms with Gasteiger partial charge in [-0.2, -0.15) is 0 Å².